The van der Waals surface area contributed by atoms with Crippen molar-refractivity contribution >= 4 is 11.9 Å². The molecule has 13 heavy (non-hydrogen) atoms. The third kappa shape index (κ3) is 2.43. The molecule has 0 radical (unpaired) electrons. The van der Waals surface area contributed by atoms with E-state index < -0.39 is 0 Å². The standard InChI is InChI=1S/C7H12N4O2/c1-3-13-6(12)4-5-9-7(8)11(2)10-5/h3-4H2,1-2H3,(H2,8,9,10). The number of hydrogen-bond acceptors (Lipinski definition) is 5. The number of aromatic nitrogens is 3. The van der Waals surface area contributed by atoms with Crippen LogP contribution in [0.25, 0.3) is 0 Å². The lowest BCUT2D eigenvalue weighted by Crippen LogP contribution is -2.08. The largest absolute Gasteiger partial charge is 0.466 e. The summed E-state index contributed by atoms with van der Waals surface area (Å²) in [7, 11) is 1.66. The van der Waals surface area contributed by atoms with Crippen molar-refractivity contribution in [1.82, 2.24) is 14.8 Å². The Morgan fingerprint density at radius 3 is 2.85 bits per heavy atom. The minimum atomic E-state index is -0.340. The van der Waals surface area contributed by atoms with Gasteiger partial charge in [-0.25, -0.2) is 4.68 Å². The van der Waals surface area contributed by atoms with E-state index in [1.807, 2.05) is 0 Å². The molecule has 0 aromatic carbocycles. The van der Waals surface area contributed by atoms with E-state index >= 15 is 0 Å². The van der Waals surface area contributed by atoms with Gasteiger partial charge < -0.3 is 10.5 Å². The van der Waals surface area contributed by atoms with Crippen LogP contribution in [-0.4, -0.2) is 27.3 Å². The molecule has 0 fully saturated rings. The Bertz CT molecular complexity index is 288. The number of hydrogen-bond donors (Lipinski definition) is 1. The predicted molar refractivity (Wildman–Crippen MR) is 45.8 cm³/mol. The molecule has 1 aromatic rings. The van der Waals surface area contributed by atoms with E-state index in [4.69, 9.17) is 10.5 Å². The van der Waals surface area contributed by atoms with Gasteiger partial charge in [0.1, 0.15) is 6.42 Å². The first-order valence-corrected chi connectivity index (χ1v) is 3.94. The van der Waals surface area contributed by atoms with Gasteiger partial charge in [0.25, 0.3) is 0 Å². The Balaban J connectivity index is 2.59. The maximum atomic E-state index is 11.0. The molecular formula is C7H12N4O2. The molecule has 1 rings (SSSR count). The van der Waals surface area contributed by atoms with E-state index in [-0.39, 0.29) is 12.4 Å². The van der Waals surface area contributed by atoms with Crippen molar-refractivity contribution in [3.05, 3.63) is 5.82 Å². The van der Waals surface area contributed by atoms with Crippen molar-refractivity contribution in [3.63, 3.8) is 0 Å². The highest BCUT2D eigenvalue weighted by molar-refractivity contribution is 5.71. The molecule has 2 N–H and O–H groups in total. The maximum Gasteiger partial charge on any atom is 0.313 e. The van der Waals surface area contributed by atoms with E-state index in [2.05, 4.69) is 10.1 Å². The summed E-state index contributed by atoms with van der Waals surface area (Å²) in [4.78, 5) is 14.8. The second-order valence-corrected chi connectivity index (χ2v) is 2.49. The first-order valence-electron chi connectivity index (χ1n) is 3.94. The third-order valence-corrected chi connectivity index (χ3v) is 1.45. The Labute approximate surface area is 75.7 Å². The molecule has 0 aliphatic carbocycles. The lowest BCUT2D eigenvalue weighted by atomic mass is 10.4. The van der Waals surface area contributed by atoms with Gasteiger partial charge >= 0.3 is 5.97 Å². The maximum absolute atomic E-state index is 11.0. The van der Waals surface area contributed by atoms with Crippen LogP contribution in [0.2, 0.25) is 0 Å². The molecule has 0 unspecified atom stereocenters. The summed E-state index contributed by atoms with van der Waals surface area (Å²) in [5.41, 5.74) is 5.43. The fourth-order valence-corrected chi connectivity index (χ4v) is 0.867. The molecule has 0 bridgehead atoms. The number of aryl methyl sites for hydroxylation is 1. The molecule has 0 aliphatic rings. The SMILES string of the molecule is CCOC(=O)Cc1nc(N)n(C)n1. The number of ether oxygens (including phenoxy) is 1. The van der Waals surface area contributed by atoms with Gasteiger partial charge in [-0.3, -0.25) is 4.79 Å². The number of nitrogens with two attached hydrogens (primary N) is 1. The van der Waals surface area contributed by atoms with Gasteiger partial charge in [0, 0.05) is 7.05 Å². The summed E-state index contributed by atoms with van der Waals surface area (Å²) in [6.07, 6.45) is 0.0683. The van der Waals surface area contributed by atoms with Crippen molar-refractivity contribution in [2.24, 2.45) is 7.05 Å². The average Bonchev–Trinajstić information content (AvgIpc) is 2.31. The van der Waals surface area contributed by atoms with Gasteiger partial charge in [0.15, 0.2) is 5.82 Å². The number of rotatable bonds is 3. The topological polar surface area (TPSA) is 83.0 Å². The zero-order chi connectivity index (χ0) is 9.84. The van der Waals surface area contributed by atoms with Crippen LogP contribution in [0.15, 0.2) is 0 Å². The minimum absolute atomic E-state index is 0.0683. The highest BCUT2D eigenvalue weighted by Crippen LogP contribution is 1.99. The van der Waals surface area contributed by atoms with Gasteiger partial charge in [-0.05, 0) is 6.92 Å². The predicted octanol–water partition coefficient (Wildman–Crippen LogP) is -0.497. The van der Waals surface area contributed by atoms with Crippen LogP contribution in [0.5, 0.6) is 0 Å². The Hall–Kier alpha value is -1.59. The Morgan fingerprint density at radius 1 is 1.69 bits per heavy atom. The zero-order valence-electron chi connectivity index (χ0n) is 7.65. The van der Waals surface area contributed by atoms with Crippen molar-refractivity contribution < 1.29 is 9.53 Å². The summed E-state index contributed by atoms with van der Waals surface area (Å²) < 4.78 is 6.14. The summed E-state index contributed by atoms with van der Waals surface area (Å²) >= 11 is 0. The highest BCUT2D eigenvalue weighted by Gasteiger charge is 2.09. The van der Waals surface area contributed by atoms with Crippen molar-refractivity contribution in [2.45, 2.75) is 13.3 Å². The molecule has 0 saturated heterocycles. The molecule has 0 atom stereocenters. The second-order valence-electron chi connectivity index (χ2n) is 2.49. The monoisotopic (exact) mass is 184 g/mol. The van der Waals surface area contributed by atoms with Crippen LogP contribution in [0.1, 0.15) is 12.7 Å². The first kappa shape index (κ1) is 9.50. The molecule has 72 valence electrons. The first-order chi connectivity index (χ1) is 6.13. The number of nitrogen functional groups attached to an aromatic ring is 1. The van der Waals surface area contributed by atoms with E-state index in [1.54, 1.807) is 14.0 Å². The van der Waals surface area contributed by atoms with E-state index in [0.717, 1.165) is 0 Å². The summed E-state index contributed by atoms with van der Waals surface area (Å²) in [5.74, 6) is 0.339. The Kier molecular flexibility index (Phi) is 2.84. The molecule has 0 aliphatic heterocycles. The molecule has 0 spiro atoms. The quantitative estimate of drug-likeness (QED) is 0.640. The normalized spacial score (nSPS) is 10.0. The van der Waals surface area contributed by atoms with Crippen LogP contribution in [0.4, 0.5) is 5.95 Å². The smallest absolute Gasteiger partial charge is 0.313 e. The molecule has 1 heterocycles. The molecule has 0 amide bonds. The highest BCUT2D eigenvalue weighted by atomic mass is 16.5. The van der Waals surface area contributed by atoms with E-state index in [0.29, 0.717) is 18.4 Å². The van der Waals surface area contributed by atoms with Gasteiger partial charge in [-0.15, -0.1) is 0 Å². The number of anilines is 1. The molecule has 6 heteroatoms. The van der Waals surface area contributed by atoms with Gasteiger partial charge in [0.2, 0.25) is 5.95 Å². The second kappa shape index (κ2) is 3.88. The van der Waals surface area contributed by atoms with Crippen molar-refractivity contribution in [2.75, 3.05) is 12.3 Å². The summed E-state index contributed by atoms with van der Waals surface area (Å²) in [6.45, 7) is 2.11. The van der Waals surface area contributed by atoms with Crippen LogP contribution in [-0.2, 0) is 23.0 Å². The fourth-order valence-electron chi connectivity index (χ4n) is 0.867. The average molecular weight is 184 g/mol. The number of esters is 1. The molecule has 1 aromatic heterocycles. The number of nitrogens with zero attached hydrogens (tertiary/aromatic N) is 3. The number of carbonyl (C=O) groups excluding carboxylic acids is 1. The lowest BCUT2D eigenvalue weighted by Gasteiger charge is -1.96. The van der Waals surface area contributed by atoms with Gasteiger partial charge in [-0.1, -0.05) is 0 Å². The van der Waals surface area contributed by atoms with Crippen molar-refractivity contribution in [1.29, 1.82) is 0 Å². The Morgan fingerprint density at radius 2 is 2.38 bits per heavy atom. The summed E-state index contributed by atoms with van der Waals surface area (Å²) in [6, 6.07) is 0. The van der Waals surface area contributed by atoms with E-state index in [1.165, 1.54) is 4.68 Å². The summed E-state index contributed by atoms with van der Waals surface area (Å²) in [5, 5.41) is 3.91. The lowest BCUT2D eigenvalue weighted by molar-refractivity contribution is -0.142. The van der Waals surface area contributed by atoms with Crippen LogP contribution in [0.3, 0.4) is 0 Å². The molecule has 0 saturated carbocycles. The van der Waals surface area contributed by atoms with Crippen LogP contribution < -0.4 is 5.73 Å². The molecular weight excluding hydrogens is 172 g/mol. The fraction of sp³-hybridized carbons (Fsp3) is 0.571. The van der Waals surface area contributed by atoms with Crippen LogP contribution in [0, 0.1) is 0 Å². The van der Waals surface area contributed by atoms with Crippen molar-refractivity contribution in [3.8, 4) is 0 Å². The molecule has 6 nitrogen and oxygen atoms in total. The van der Waals surface area contributed by atoms with E-state index in [9.17, 15) is 4.79 Å². The van der Waals surface area contributed by atoms with Gasteiger partial charge in [-0.2, -0.15) is 10.1 Å². The van der Waals surface area contributed by atoms with Crippen LogP contribution >= 0.6 is 0 Å². The minimum Gasteiger partial charge on any atom is -0.466 e. The number of carbonyl (C=O) groups is 1. The zero-order valence-corrected chi connectivity index (χ0v) is 7.65. The third-order valence-electron chi connectivity index (χ3n) is 1.45. The van der Waals surface area contributed by atoms with Gasteiger partial charge in [0.05, 0.1) is 6.61 Å².